The van der Waals surface area contributed by atoms with Crippen molar-refractivity contribution in [1.82, 2.24) is 14.8 Å². The summed E-state index contributed by atoms with van der Waals surface area (Å²) in [5.74, 6) is 0.0550. The van der Waals surface area contributed by atoms with Crippen LogP contribution in [0, 0.1) is 6.92 Å². The molecule has 2 rings (SSSR count). The van der Waals surface area contributed by atoms with Crippen LogP contribution < -0.4 is 10.9 Å². The van der Waals surface area contributed by atoms with E-state index in [0.717, 1.165) is 10.2 Å². The van der Waals surface area contributed by atoms with Crippen LogP contribution >= 0.6 is 0 Å². The van der Waals surface area contributed by atoms with Gasteiger partial charge >= 0.3 is 0 Å². The van der Waals surface area contributed by atoms with Gasteiger partial charge in [-0.1, -0.05) is 0 Å². The predicted octanol–water partition coefficient (Wildman–Crippen LogP) is 0.736. The van der Waals surface area contributed by atoms with Gasteiger partial charge < -0.3 is 5.32 Å². The molecule has 0 spiro atoms. The van der Waals surface area contributed by atoms with Gasteiger partial charge in [-0.05, 0) is 30.7 Å². The van der Waals surface area contributed by atoms with Crippen LogP contribution in [0.3, 0.4) is 0 Å². The Morgan fingerprint density at radius 1 is 1.33 bits per heavy atom. The highest BCUT2D eigenvalue weighted by Crippen LogP contribution is 2.06. The fourth-order valence-electron chi connectivity index (χ4n) is 1.41. The fourth-order valence-corrected chi connectivity index (χ4v) is 1.41. The number of hydrogen-bond donors (Lipinski definition) is 1. The SMILES string of the molecule is Cc1ccnc(NC(=O)c2ccc(=O)n(C)n2)c1. The smallest absolute Gasteiger partial charge is 0.277 e. The second-order valence-electron chi connectivity index (χ2n) is 3.85. The molecule has 0 aliphatic rings. The standard InChI is InChI=1S/C12H12N4O2/c1-8-5-6-13-10(7-8)14-12(18)9-3-4-11(17)16(2)15-9/h3-7H,1-2H3,(H,13,14,18). The molecule has 0 aromatic carbocycles. The topological polar surface area (TPSA) is 76.9 Å². The zero-order valence-corrected chi connectivity index (χ0v) is 10.0. The molecular weight excluding hydrogens is 232 g/mol. The number of nitrogens with one attached hydrogen (secondary N) is 1. The molecule has 0 fully saturated rings. The largest absolute Gasteiger partial charge is 0.305 e. The second kappa shape index (κ2) is 4.79. The van der Waals surface area contributed by atoms with Crippen molar-refractivity contribution >= 4 is 11.7 Å². The number of hydrogen-bond acceptors (Lipinski definition) is 4. The van der Waals surface area contributed by atoms with Crippen molar-refractivity contribution in [2.45, 2.75) is 6.92 Å². The average molecular weight is 244 g/mol. The van der Waals surface area contributed by atoms with E-state index in [1.54, 1.807) is 12.3 Å². The van der Waals surface area contributed by atoms with Crippen molar-refractivity contribution in [2.24, 2.45) is 7.05 Å². The Morgan fingerprint density at radius 3 is 2.78 bits per heavy atom. The molecule has 0 aliphatic carbocycles. The minimum absolute atomic E-state index is 0.167. The molecule has 18 heavy (non-hydrogen) atoms. The van der Waals surface area contributed by atoms with E-state index in [1.807, 2.05) is 13.0 Å². The maximum atomic E-state index is 11.9. The Kier molecular flexibility index (Phi) is 3.18. The van der Waals surface area contributed by atoms with Crippen molar-refractivity contribution in [3.05, 3.63) is 52.1 Å². The Balaban J connectivity index is 2.22. The van der Waals surface area contributed by atoms with Crippen LogP contribution in [0.4, 0.5) is 5.82 Å². The van der Waals surface area contributed by atoms with Crippen molar-refractivity contribution in [2.75, 3.05) is 5.32 Å². The Morgan fingerprint density at radius 2 is 2.11 bits per heavy atom. The number of pyridine rings is 1. The lowest BCUT2D eigenvalue weighted by Crippen LogP contribution is -2.23. The molecular formula is C12H12N4O2. The summed E-state index contributed by atoms with van der Waals surface area (Å²) in [7, 11) is 1.49. The van der Waals surface area contributed by atoms with Gasteiger partial charge in [0.2, 0.25) is 0 Å². The molecule has 1 N–H and O–H groups in total. The number of aromatic nitrogens is 3. The van der Waals surface area contributed by atoms with Gasteiger partial charge in [-0.25, -0.2) is 9.67 Å². The highest BCUT2D eigenvalue weighted by atomic mass is 16.2. The quantitative estimate of drug-likeness (QED) is 0.845. The summed E-state index contributed by atoms with van der Waals surface area (Å²) >= 11 is 0. The molecule has 0 saturated heterocycles. The maximum Gasteiger partial charge on any atom is 0.277 e. The van der Waals surface area contributed by atoms with Crippen LogP contribution in [0.15, 0.2) is 35.3 Å². The van der Waals surface area contributed by atoms with E-state index in [0.29, 0.717) is 5.82 Å². The van der Waals surface area contributed by atoms with E-state index in [9.17, 15) is 9.59 Å². The summed E-state index contributed by atoms with van der Waals surface area (Å²) in [6.45, 7) is 1.90. The summed E-state index contributed by atoms with van der Waals surface area (Å²) in [6.07, 6.45) is 1.61. The number of carbonyl (C=O) groups excluding carboxylic acids is 1. The molecule has 0 aliphatic heterocycles. The van der Waals surface area contributed by atoms with E-state index in [4.69, 9.17) is 0 Å². The molecule has 2 aromatic heterocycles. The van der Waals surface area contributed by atoms with Gasteiger partial charge in [-0.2, -0.15) is 5.10 Å². The average Bonchev–Trinajstić information content (AvgIpc) is 2.32. The first-order chi connectivity index (χ1) is 8.56. The van der Waals surface area contributed by atoms with Crippen LogP contribution in [0.25, 0.3) is 0 Å². The zero-order chi connectivity index (χ0) is 13.1. The number of rotatable bonds is 2. The molecule has 2 heterocycles. The highest BCUT2D eigenvalue weighted by Gasteiger charge is 2.09. The van der Waals surface area contributed by atoms with Gasteiger partial charge in [0.1, 0.15) is 11.5 Å². The second-order valence-corrected chi connectivity index (χ2v) is 3.85. The van der Waals surface area contributed by atoms with Gasteiger partial charge in [0, 0.05) is 19.3 Å². The summed E-state index contributed by atoms with van der Waals surface area (Å²) < 4.78 is 1.11. The molecule has 2 aromatic rings. The molecule has 0 saturated carbocycles. The van der Waals surface area contributed by atoms with Gasteiger partial charge in [-0.3, -0.25) is 9.59 Å². The summed E-state index contributed by atoms with van der Waals surface area (Å²) in [5, 5.41) is 6.47. The van der Waals surface area contributed by atoms with E-state index in [-0.39, 0.29) is 11.3 Å². The monoisotopic (exact) mass is 244 g/mol. The summed E-state index contributed by atoms with van der Waals surface area (Å²) in [5.41, 5.74) is 0.898. The first-order valence-corrected chi connectivity index (χ1v) is 5.34. The normalized spacial score (nSPS) is 10.1. The molecule has 6 heteroatoms. The highest BCUT2D eigenvalue weighted by molar-refractivity contribution is 6.02. The fraction of sp³-hybridized carbons (Fsp3) is 0.167. The minimum atomic E-state index is -0.399. The number of carbonyl (C=O) groups is 1. The molecule has 92 valence electrons. The van der Waals surface area contributed by atoms with Crippen molar-refractivity contribution in [1.29, 1.82) is 0 Å². The van der Waals surface area contributed by atoms with Crippen LogP contribution in [0.2, 0.25) is 0 Å². The van der Waals surface area contributed by atoms with Gasteiger partial charge in [0.25, 0.3) is 11.5 Å². The predicted molar refractivity (Wildman–Crippen MR) is 66.4 cm³/mol. The Bertz CT molecular complexity index is 649. The van der Waals surface area contributed by atoms with E-state index in [2.05, 4.69) is 15.4 Å². The van der Waals surface area contributed by atoms with Crippen molar-refractivity contribution in [3.63, 3.8) is 0 Å². The van der Waals surface area contributed by atoms with Crippen molar-refractivity contribution < 1.29 is 4.79 Å². The minimum Gasteiger partial charge on any atom is -0.305 e. The van der Waals surface area contributed by atoms with Crippen LogP contribution in [0.5, 0.6) is 0 Å². The number of nitrogens with zero attached hydrogens (tertiary/aromatic N) is 3. The van der Waals surface area contributed by atoms with Crippen LogP contribution in [-0.2, 0) is 7.05 Å². The third-order valence-electron chi connectivity index (χ3n) is 2.35. The van der Waals surface area contributed by atoms with E-state index in [1.165, 1.54) is 19.2 Å². The molecule has 0 radical (unpaired) electrons. The van der Waals surface area contributed by atoms with E-state index < -0.39 is 5.91 Å². The molecule has 6 nitrogen and oxygen atoms in total. The van der Waals surface area contributed by atoms with Crippen LogP contribution in [0.1, 0.15) is 16.1 Å². The number of anilines is 1. The molecule has 0 bridgehead atoms. The number of aryl methyl sites for hydroxylation is 2. The number of amides is 1. The lowest BCUT2D eigenvalue weighted by Gasteiger charge is -2.05. The molecule has 0 atom stereocenters. The van der Waals surface area contributed by atoms with Crippen molar-refractivity contribution in [3.8, 4) is 0 Å². The van der Waals surface area contributed by atoms with Gasteiger partial charge in [0.15, 0.2) is 0 Å². The zero-order valence-electron chi connectivity index (χ0n) is 10.0. The maximum absolute atomic E-state index is 11.9. The first-order valence-electron chi connectivity index (χ1n) is 5.34. The lowest BCUT2D eigenvalue weighted by atomic mass is 10.3. The lowest BCUT2D eigenvalue weighted by molar-refractivity contribution is 0.101. The summed E-state index contributed by atoms with van der Waals surface area (Å²) in [4.78, 5) is 27.0. The molecule has 0 unspecified atom stereocenters. The van der Waals surface area contributed by atoms with Gasteiger partial charge in [-0.15, -0.1) is 0 Å². The van der Waals surface area contributed by atoms with Gasteiger partial charge in [0.05, 0.1) is 0 Å². The third kappa shape index (κ3) is 2.60. The molecule has 1 amide bonds. The first kappa shape index (κ1) is 12.0. The van der Waals surface area contributed by atoms with E-state index >= 15 is 0 Å². The summed E-state index contributed by atoms with van der Waals surface area (Å²) in [6, 6.07) is 6.26. The Hall–Kier alpha value is -2.50. The van der Waals surface area contributed by atoms with Crippen LogP contribution in [-0.4, -0.2) is 20.7 Å². The Labute approximate surface area is 103 Å². The third-order valence-corrected chi connectivity index (χ3v) is 2.35.